The summed E-state index contributed by atoms with van der Waals surface area (Å²) in [6, 6.07) is 0.144. The molecule has 0 saturated carbocycles. The molecule has 0 radical (unpaired) electrons. The molecule has 7 heteroatoms. The van der Waals surface area contributed by atoms with Crippen LogP contribution in [0.4, 0.5) is 4.79 Å². The number of piperidine rings is 1. The standard InChI is InChI=1S/C12H17N3O4/c16-10(1-2-11(17)18)14-6-3-9(4-7-14)15-8-5-13-12(15)19/h1-2,9H,3-8H2,(H,13,19)(H,17,18)/b2-1+. The second-order valence-electron chi connectivity index (χ2n) is 4.65. The number of likely N-dealkylation sites (tertiary alicyclic amines) is 1. The number of carbonyl (C=O) groups is 3. The zero-order valence-corrected chi connectivity index (χ0v) is 10.5. The van der Waals surface area contributed by atoms with Crippen molar-refractivity contribution >= 4 is 17.9 Å². The molecule has 19 heavy (non-hydrogen) atoms. The highest BCUT2D eigenvalue weighted by Gasteiger charge is 2.31. The van der Waals surface area contributed by atoms with Crippen molar-refractivity contribution in [2.75, 3.05) is 26.2 Å². The van der Waals surface area contributed by atoms with Gasteiger partial charge in [-0.25, -0.2) is 9.59 Å². The minimum atomic E-state index is -1.13. The average Bonchev–Trinajstić information content (AvgIpc) is 2.82. The Hall–Kier alpha value is -2.05. The van der Waals surface area contributed by atoms with Crippen LogP contribution in [0.2, 0.25) is 0 Å². The number of rotatable bonds is 3. The predicted molar refractivity (Wildman–Crippen MR) is 66.5 cm³/mol. The van der Waals surface area contributed by atoms with Gasteiger partial charge < -0.3 is 20.2 Å². The van der Waals surface area contributed by atoms with Crippen molar-refractivity contribution in [1.29, 1.82) is 0 Å². The monoisotopic (exact) mass is 267 g/mol. The molecule has 2 N–H and O–H groups in total. The maximum Gasteiger partial charge on any atom is 0.328 e. The number of aliphatic carboxylic acids is 1. The van der Waals surface area contributed by atoms with Gasteiger partial charge in [0.2, 0.25) is 5.91 Å². The Balaban J connectivity index is 1.83. The maximum absolute atomic E-state index is 11.7. The molecule has 7 nitrogen and oxygen atoms in total. The number of carbonyl (C=O) groups excluding carboxylic acids is 2. The van der Waals surface area contributed by atoms with E-state index in [9.17, 15) is 14.4 Å². The van der Waals surface area contributed by atoms with Crippen molar-refractivity contribution in [3.63, 3.8) is 0 Å². The molecular formula is C12H17N3O4. The van der Waals surface area contributed by atoms with Crippen molar-refractivity contribution in [3.05, 3.63) is 12.2 Å². The maximum atomic E-state index is 11.7. The molecule has 0 aliphatic carbocycles. The van der Waals surface area contributed by atoms with E-state index < -0.39 is 5.97 Å². The highest BCUT2D eigenvalue weighted by molar-refractivity contribution is 5.93. The van der Waals surface area contributed by atoms with Gasteiger partial charge in [0.25, 0.3) is 0 Å². The van der Waals surface area contributed by atoms with Crippen LogP contribution in [-0.4, -0.2) is 65.0 Å². The summed E-state index contributed by atoms with van der Waals surface area (Å²) < 4.78 is 0. The number of nitrogens with zero attached hydrogens (tertiary/aromatic N) is 2. The minimum Gasteiger partial charge on any atom is -0.478 e. The molecule has 2 heterocycles. The molecule has 0 unspecified atom stereocenters. The van der Waals surface area contributed by atoms with Crippen molar-refractivity contribution in [2.24, 2.45) is 0 Å². The summed E-state index contributed by atoms with van der Waals surface area (Å²) in [5.74, 6) is -1.41. The molecule has 2 saturated heterocycles. The van der Waals surface area contributed by atoms with Crippen LogP contribution in [0.5, 0.6) is 0 Å². The highest BCUT2D eigenvalue weighted by Crippen LogP contribution is 2.18. The first-order valence-corrected chi connectivity index (χ1v) is 6.32. The normalized spacial score (nSPS) is 20.9. The molecule has 0 aromatic carbocycles. The fourth-order valence-corrected chi connectivity index (χ4v) is 2.48. The van der Waals surface area contributed by atoms with Gasteiger partial charge in [-0.2, -0.15) is 0 Å². The van der Waals surface area contributed by atoms with Crippen LogP contribution in [0, 0.1) is 0 Å². The van der Waals surface area contributed by atoms with Crippen LogP contribution in [-0.2, 0) is 9.59 Å². The number of hydrogen-bond donors (Lipinski definition) is 2. The van der Waals surface area contributed by atoms with E-state index in [0.29, 0.717) is 19.6 Å². The quantitative estimate of drug-likeness (QED) is 0.683. The van der Waals surface area contributed by atoms with E-state index in [0.717, 1.165) is 31.5 Å². The summed E-state index contributed by atoms with van der Waals surface area (Å²) in [6.45, 7) is 2.50. The minimum absolute atomic E-state index is 0.0319. The summed E-state index contributed by atoms with van der Waals surface area (Å²) in [6.07, 6.45) is 3.40. The molecule has 0 atom stereocenters. The zero-order valence-electron chi connectivity index (χ0n) is 10.5. The van der Waals surface area contributed by atoms with Gasteiger partial charge >= 0.3 is 12.0 Å². The zero-order chi connectivity index (χ0) is 13.8. The Morgan fingerprint density at radius 2 is 1.89 bits per heavy atom. The van der Waals surface area contributed by atoms with E-state index in [1.807, 2.05) is 4.90 Å². The Labute approximate surface area is 110 Å². The van der Waals surface area contributed by atoms with Crippen LogP contribution in [0.3, 0.4) is 0 Å². The molecule has 104 valence electrons. The Morgan fingerprint density at radius 1 is 1.21 bits per heavy atom. The van der Waals surface area contributed by atoms with Crippen molar-refractivity contribution in [1.82, 2.24) is 15.1 Å². The molecule has 2 rings (SSSR count). The van der Waals surface area contributed by atoms with E-state index in [1.165, 1.54) is 0 Å². The number of urea groups is 1. The average molecular weight is 267 g/mol. The molecule has 0 spiro atoms. The molecule has 2 aliphatic rings. The van der Waals surface area contributed by atoms with Gasteiger partial charge in [0.15, 0.2) is 0 Å². The summed E-state index contributed by atoms with van der Waals surface area (Å²) >= 11 is 0. The number of carboxylic acid groups (broad SMARTS) is 1. The largest absolute Gasteiger partial charge is 0.478 e. The van der Waals surface area contributed by atoms with E-state index in [1.54, 1.807) is 4.90 Å². The van der Waals surface area contributed by atoms with E-state index in [-0.39, 0.29) is 18.0 Å². The summed E-state index contributed by atoms with van der Waals surface area (Å²) in [4.78, 5) is 37.0. The number of nitrogens with one attached hydrogen (secondary N) is 1. The fourth-order valence-electron chi connectivity index (χ4n) is 2.48. The lowest BCUT2D eigenvalue weighted by Gasteiger charge is -2.35. The van der Waals surface area contributed by atoms with Crippen molar-refractivity contribution in [3.8, 4) is 0 Å². The summed E-state index contributed by atoms with van der Waals surface area (Å²) in [5, 5.41) is 11.2. The Morgan fingerprint density at radius 3 is 2.42 bits per heavy atom. The SMILES string of the molecule is O=C(O)/C=C/C(=O)N1CCC(N2CCNC2=O)CC1. The van der Waals surface area contributed by atoms with Gasteiger partial charge in [-0.1, -0.05) is 0 Å². The topological polar surface area (TPSA) is 89.9 Å². The smallest absolute Gasteiger partial charge is 0.328 e. The van der Waals surface area contributed by atoms with Crippen LogP contribution >= 0.6 is 0 Å². The summed E-state index contributed by atoms with van der Waals surface area (Å²) in [7, 11) is 0. The van der Waals surface area contributed by atoms with E-state index in [4.69, 9.17) is 5.11 Å². The Bertz CT molecular complexity index is 413. The molecule has 2 aliphatic heterocycles. The van der Waals surface area contributed by atoms with Crippen molar-refractivity contribution < 1.29 is 19.5 Å². The molecular weight excluding hydrogens is 250 g/mol. The second-order valence-corrected chi connectivity index (χ2v) is 4.65. The number of carboxylic acids is 1. The first-order valence-electron chi connectivity index (χ1n) is 6.32. The third-order valence-corrected chi connectivity index (χ3v) is 3.48. The third kappa shape index (κ3) is 3.24. The predicted octanol–water partition coefficient (Wildman–Crippen LogP) is -0.357. The lowest BCUT2D eigenvalue weighted by molar-refractivity contribution is -0.132. The van der Waals surface area contributed by atoms with Crippen molar-refractivity contribution in [2.45, 2.75) is 18.9 Å². The first kappa shape index (κ1) is 13.4. The lowest BCUT2D eigenvalue weighted by atomic mass is 10.0. The number of amides is 3. The second kappa shape index (κ2) is 5.73. The van der Waals surface area contributed by atoms with E-state index >= 15 is 0 Å². The van der Waals surface area contributed by atoms with Gasteiger partial charge in [-0.15, -0.1) is 0 Å². The summed E-state index contributed by atoms with van der Waals surface area (Å²) in [5.41, 5.74) is 0. The first-order chi connectivity index (χ1) is 9.08. The lowest BCUT2D eigenvalue weighted by Crippen LogP contribution is -2.47. The van der Waals surface area contributed by atoms with Gasteiger partial charge in [0.05, 0.1) is 0 Å². The molecule has 0 aromatic rings. The molecule has 0 bridgehead atoms. The molecule has 3 amide bonds. The van der Waals surface area contributed by atoms with Gasteiger partial charge in [-0.3, -0.25) is 4.79 Å². The fraction of sp³-hybridized carbons (Fsp3) is 0.583. The van der Waals surface area contributed by atoms with Gasteiger partial charge in [0, 0.05) is 44.4 Å². The van der Waals surface area contributed by atoms with Crippen LogP contribution in [0.15, 0.2) is 12.2 Å². The van der Waals surface area contributed by atoms with Crippen LogP contribution in [0.25, 0.3) is 0 Å². The van der Waals surface area contributed by atoms with Gasteiger partial charge in [0.1, 0.15) is 0 Å². The third-order valence-electron chi connectivity index (χ3n) is 3.48. The molecule has 2 fully saturated rings. The molecule has 0 aromatic heterocycles. The van der Waals surface area contributed by atoms with Crippen LogP contribution < -0.4 is 5.32 Å². The van der Waals surface area contributed by atoms with E-state index in [2.05, 4.69) is 5.32 Å². The van der Waals surface area contributed by atoms with Gasteiger partial charge in [-0.05, 0) is 12.8 Å². The highest BCUT2D eigenvalue weighted by atomic mass is 16.4. The Kier molecular flexibility index (Phi) is 4.03. The number of hydrogen-bond acceptors (Lipinski definition) is 3. The van der Waals surface area contributed by atoms with Crippen LogP contribution in [0.1, 0.15) is 12.8 Å².